The quantitative estimate of drug-likeness (QED) is 0.405. The van der Waals surface area contributed by atoms with Crippen LogP contribution in [0.5, 0.6) is 0 Å². The minimum atomic E-state index is 0.246. The van der Waals surface area contributed by atoms with Crippen molar-refractivity contribution >= 4 is 0 Å². The third kappa shape index (κ3) is 3.53. The lowest BCUT2D eigenvalue weighted by atomic mass is 9.59. The van der Waals surface area contributed by atoms with Crippen LogP contribution in [0.3, 0.4) is 0 Å². The van der Waals surface area contributed by atoms with E-state index in [0.717, 1.165) is 11.8 Å². The molecule has 0 spiro atoms. The monoisotopic (exact) mass is 272 g/mol. The summed E-state index contributed by atoms with van der Waals surface area (Å²) >= 11 is 0. The van der Waals surface area contributed by atoms with Crippen LogP contribution in [0.2, 0.25) is 0 Å². The van der Waals surface area contributed by atoms with Crippen molar-refractivity contribution in [1.29, 1.82) is 0 Å². The second-order valence-electron chi connectivity index (χ2n) is 6.91. The molecule has 1 rings (SSSR count). The number of hydrogen-bond acceptors (Lipinski definition) is 0. The zero-order chi connectivity index (χ0) is 15.3. The van der Waals surface area contributed by atoms with Gasteiger partial charge in [0.05, 0.1) is 0 Å². The van der Waals surface area contributed by atoms with E-state index in [-0.39, 0.29) is 5.41 Å². The molecule has 0 N–H and O–H groups in total. The molecule has 20 heavy (non-hydrogen) atoms. The third-order valence-corrected chi connectivity index (χ3v) is 5.33. The van der Waals surface area contributed by atoms with Crippen molar-refractivity contribution < 1.29 is 0 Å². The predicted molar refractivity (Wildman–Crippen MR) is 91.7 cm³/mol. The Morgan fingerprint density at radius 1 is 1.30 bits per heavy atom. The minimum Gasteiger partial charge on any atom is -0.0991 e. The van der Waals surface area contributed by atoms with Gasteiger partial charge in [-0.05, 0) is 61.9 Å². The van der Waals surface area contributed by atoms with Crippen molar-refractivity contribution in [2.75, 3.05) is 0 Å². The first kappa shape index (κ1) is 17.0. The molecule has 0 heterocycles. The molecule has 1 fully saturated rings. The van der Waals surface area contributed by atoms with Gasteiger partial charge in [-0.15, -0.1) is 0 Å². The lowest BCUT2D eigenvalue weighted by Crippen LogP contribution is -2.35. The summed E-state index contributed by atoms with van der Waals surface area (Å²) in [4.78, 5) is 0. The summed E-state index contributed by atoms with van der Waals surface area (Å²) in [6.45, 7) is 19.5. The van der Waals surface area contributed by atoms with Gasteiger partial charge in [0.15, 0.2) is 0 Å². The SMILES string of the molecule is C=C/C=C(\C=C)C1(C)CCC(C(C)C)C(/C(C)=C/C)C1. The zero-order valence-electron chi connectivity index (χ0n) is 14.1. The molecule has 1 aliphatic carbocycles. The Kier molecular flexibility index (Phi) is 6.05. The molecule has 0 amide bonds. The molecular weight excluding hydrogens is 240 g/mol. The van der Waals surface area contributed by atoms with Gasteiger partial charge < -0.3 is 0 Å². The molecule has 0 aromatic carbocycles. The van der Waals surface area contributed by atoms with E-state index in [4.69, 9.17) is 0 Å². The van der Waals surface area contributed by atoms with Crippen LogP contribution in [0.25, 0.3) is 0 Å². The van der Waals surface area contributed by atoms with E-state index in [1.54, 1.807) is 5.57 Å². The fourth-order valence-electron chi connectivity index (χ4n) is 3.84. The highest BCUT2D eigenvalue weighted by Gasteiger charge is 2.40. The van der Waals surface area contributed by atoms with Gasteiger partial charge in [0.25, 0.3) is 0 Å². The van der Waals surface area contributed by atoms with E-state index in [1.807, 2.05) is 12.2 Å². The standard InChI is InChI=1S/C20H32/c1-8-11-17(10-3)20(7)13-12-18(15(4)5)19(14-20)16(6)9-2/h8-11,15,18-19H,1,3,12-14H2,2,4-7H3/b16-9+,17-11+. The average molecular weight is 272 g/mol. The summed E-state index contributed by atoms with van der Waals surface area (Å²) in [6, 6.07) is 0. The van der Waals surface area contributed by atoms with Gasteiger partial charge in [0.1, 0.15) is 0 Å². The highest BCUT2D eigenvalue weighted by atomic mass is 14.4. The Labute approximate surface area is 126 Å². The van der Waals surface area contributed by atoms with Crippen LogP contribution in [-0.2, 0) is 0 Å². The van der Waals surface area contributed by atoms with Crippen molar-refractivity contribution in [2.45, 2.75) is 53.9 Å². The molecule has 0 nitrogen and oxygen atoms in total. The largest absolute Gasteiger partial charge is 0.0991 e. The molecule has 0 saturated heterocycles. The highest BCUT2D eigenvalue weighted by molar-refractivity contribution is 5.30. The molecule has 3 atom stereocenters. The van der Waals surface area contributed by atoms with Gasteiger partial charge >= 0.3 is 0 Å². The Bertz CT molecular complexity index is 408. The number of allylic oxidation sites excluding steroid dienone is 6. The summed E-state index contributed by atoms with van der Waals surface area (Å²) < 4.78 is 0. The zero-order valence-corrected chi connectivity index (χ0v) is 14.1. The summed E-state index contributed by atoms with van der Waals surface area (Å²) in [5, 5.41) is 0. The average Bonchev–Trinajstić information content (AvgIpc) is 2.43. The second-order valence-corrected chi connectivity index (χ2v) is 6.91. The van der Waals surface area contributed by atoms with Crippen LogP contribution in [0.15, 0.2) is 48.6 Å². The first-order chi connectivity index (χ1) is 9.39. The first-order valence-corrected chi connectivity index (χ1v) is 7.98. The molecule has 112 valence electrons. The lowest BCUT2D eigenvalue weighted by molar-refractivity contribution is 0.123. The molecule has 1 saturated carbocycles. The van der Waals surface area contributed by atoms with Gasteiger partial charge in [-0.1, -0.05) is 63.8 Å². The van der Waals surface area contributed by atoms with Gasteiger partial charge in [-0.2, -0.15) is 0 Å². The van der Waals surface area contributed by atoms with Crippen LogP contribution >= 0.6 is 0 Å². The van der Waals surface area contributed by atoms with Gasteiger partial charge in [0.2, 0.25) is 0 Å². The van der Waals surface area contributed by atoms with Crippen molar-refractivity contribution in [1.82, 2.24) is 0 Å². The maximum Gasteiger partial charge on any atom is -0.00696 e. The Morgan fingerprint density at radius 2 is 1.95 bits per heavy atom. The van der Waals surface area contributed by atoms with Gasteiger partial charge in [0, 0.05) is 0 Å². The number of hydrogen-bond donors (Lipinski definition) is 0. The van der Waals surface area contributed by atoms with E-state index in [2.05, 4.69) is 59.9 Å². The van der Waals surface area contributed by atoms with E-state index < -0.39 is 0 Å². The molecule has 0 heteroatoms. The molecular formula is C20H32. The van der Waals surface area contributed by atoms with E-state index in [0.29, 0.717) is 5.92 Å². The third-order valence-electron chi connectivity index (χ3n) is 5.33. The summed E-state index contributed by atoms with van der Waals surface area (Å²) in [5.74, 6) is 2.27. The van der Waals surface area contributed by atoms with E-state index in [1.165, 1.54) is 24.8 Å². The van der Waals surface area contributed by atoms with Crippen LogP contribution in [-0.4, -0.2) is 0 Å². The molecule has 0 bridgehead atoms. The van der Waals surface area contributed by atoms with Crippen LogP contribution in [0.1, 0.15) is 53.9 Å². The topological polar surface area (TPSA) is 0 Å². The Morgan fingerprint density at radius 3 is 2.40 bits per heavy atom. The Hall–Kier alpha value is -1.04. The van der Waals surface area contributed by atoms with E-state index in [9.17, 15) is 0 Å². The fourth-order valence-corrected chi connectivity index (χ4v) is 3.84. The summed E-state index contributed by atoms with van der Waals surface area (Å²) in [7, 11) is 0. The normalized spacial score (nSPS) is 32.3. The fraction of sp³-hybridized carbons (Fsp3) is 0.600. The molecule has 0 aliphatic heterocycles. The summed E-state index contributed by atoms with van der Waals surface area (Å²) in [5.41, 5.74) is 3.15. The smallest absolute Gasteiger partial charge is 0.00696 e. The van der Waals surface area contributed by atoms with Gasteiger partial charge in [-0.3, -0.25) is 0 Å². The second kappa shape index (κ2) is 7.11. The summed E-state index contributed by atoms with van der Waals surface area (Å²) in [6.07, 6.45) is 12.2. The molecule has 0 aromatic heterocycles. The van der Waals surface area contributed by atoms with Crippen LogP contribution in [0.4, 0.5) is 0 Å². The van der Waals surface area contributed by atoms with Crippen LogP contribution in [0, 0.1) is 23.2 Å². The number of rotatable bonds is 5. The predicted octanol–water partition coefficient (Wildman–Crippen LogP) is 6.33. The lowest BCUT2D eigenvalue weighted by Gasteiger charge is -2.45. The van der Waals surface area contributed by atoms with Crippen molar-refractivity contribution in [3.8, 4) is 0 Å². The highest BCUT2D eigenvalue weighted by Crippen LogP contribution is 2.51. The van der Waals surface area contributed by atoms with Crippen LogP contribution < -0.4 is 0 Å². The minimum absolute atomic E-state index is 0.246. The Balaban J connectivity index is 3.10. The van der Waals surface area contributed by atoms with E-state index >= 15 is 0 Å². The maximum absolute atomic E-state index is 4.01. The molecule has 3 unspecified atom stereocenters. The molecule has 0 radical (unpaired) electrons. The van der Waals surface area contributed by atoms with Crippen molar-refractivity contribution in [2.24, 2.45) is 23.2 Å². The first-order valence-electron chi connectivity index (χ1n) is 7.98. The van der Waals surface area contributed by atoms with Crippen molar-refractivity contribution in [3.63, 3.8) is 0 Å². The molecule has 1 aliphatic rings. The molecule has 0 aromatic rings. The maximum atomic E-state index is 4.01. The van der Waals surface area contributed by atoms with Crippen molar-refractivity contribution in [3.05, 3.63) is 48.6 Å². The van der Waals surface area contributed by atoms with Gasteiger partial charge in [-0.25, -0.2) is 0 Å².